The highest BCUT2D eigenvalue weighted by atomic mass is 16.4. The normalized spacial score (nSPS) is 11.7. The Morgan fingerprint density at radius 3 is 2.75 bits per heavy atom. The third-order valence-electron chi connectivity index (χ3n) is 3.02. The Bertz CT molecular complexity index is 648. The molecule has 1 aromatic rings. The number of carboxylic acids is 1. The molecule has 0 spiro atoms. The fraction of sp³-hybridized carbons (Fsp3) is 0.278. The quantitative estimate of drug-likeness (QED) is 0.390. The molecule has 0 fully saturated rings. The van der Waals surface area contributed by atoms with Gasteiger partial charge in [-0.2, -0.15) is 0 Å². The lowest BCUT2D eigenvalue weighted by atomic mass is 10.1. The number of rotatable bonds is 10. The van der Waals surface area contributed by atoms with Crippen LogP contribution in [0.3, 0.4) is 0 Å². The monoisotopic (exact) mass is 328 g/mol. The summed E-state index contributed by atoms with van der Waals surface area (Å²) in [6.07, 6.45) is 10.1. The molecule has 0 aromatic carbocycles. The van der Waals surface area contributed by atoms with Crippen LogP contribution in [-0.2, 0) is 4.79 Å². The minimum atomic E-state index is -1.02. The molecule has 1 rings (SSSR count). The van der Waals surface area contributed by atoms with Gasteiger partial charge in [0.05, 0.1) is 18.1 Å². The molecule has 1 aromatic heterocycles. The Balaban J connectivity index is 2.79. The van der Waals surface area contributed by atoms with Gasteiger partial charge in [-0.3, -0.25) is 4.98 Å². The van der Waals surface area contributed by atoms with Crippen molar-refractivity contribution in [2.24, 2.45) is 0 Å². The van der Waals surface area contributed by atoms with Crippen molar-refractivity contribution < 1.29 is 9.90 Å². The molecule has 0 aliphatic carbocycles. The van der Waals surface area contributed by atoms with Crippen molar-refractivity contribution in [3.8, 4) is 0 Å². The minimum absolute atomic E-state index is 0.540. The fourth-order valence-corrected chi connectivity index (χ4v) is 1.87. The van der Waals surface area contributed by atoms with E-state index in [0.29, 0.717) is 17.1 Å². The second-order valence-electron chi connectivity index (χ2n) is 5.42. The number of anilines is 1. The van der Waals surface area contributed by atoms with Gasteiger partial charge in [0.1, 0.15) is 5.82 Å². The molecule has 0 amide bonds. The van der Waals surface area contributed by atoms with Crippen molar-refractivity contribution >= 4 is 17.4 Å². The van der Waals surface area contributed by atoms with Crippen LogP contribution in [0.2, 0.25) is 0 Å². The molecule has 6 heteroatoms. The average Bonchev–Trinajstić information content (AvgIpc) is 2.54. The molecule has 0 radical (unpaired) electrons. The summed E-state index contributed by atoms with van der Waals surface area (Å²) in [6, 6.07) is 0. The number of aliphatic carboxylic acids is 1. The van der Waals surface area contributed by atoms with Gasteiger partial charge in [-0.05, 0) is 44.8 Å². The molecule has 6 nitrogen and oxygen atoms in total. The smallest absolute Gasteiger partial charge is 0.328 e. The number of hydrogen-bond acceptors (Lipinski definition) is 5. The van der Waals surface area contributed by atoms with Crippen LogP contribution in [0.15, 0.2) is 55.4 Å². The summed E-state index contributed by atoms with van der Waals surface area (Å²) in [5.74, 6) is -0.334. The number of aromatic nitrogens is 2. The van der Waals surface area contributed by atoms with Gasteiger partial charge in [-0.1, -0.05) is 19.2 Å². The maximum absolute atomic E-state index is 10.5. The van der Waals surface area contributed by atoms with Gasteiger partial charge in [-0.15, -0.1) is 0 Å². The fourth-order valence-electron chi connectivity index (χ4n) is 1.87. The van der Waals surface area contributed by atoms with Crippen molar-refractivity contribution in [3.05, 3.63) is 61.1 Å². The summed E-state index contributed by atoms with van der Waals surface area (Å²) in [7, 11) is 4.07. The summed E-state index contributed by atoms with van der Waals surface area (Å²) < 4.78 is 0. The number of carbonyl (C=O) groups is 1. The molecule has 2 N–H and O–H groups in total. The lowest BCUT2D eigenvalue weighted by Gasteiger charge is -2.10. The summed E-state index contributed by atoms with van der Waals surface area (Å²) in [4.78, 5) is 21.3. The predicted octanol–water partition coefficient (Wildman–Crippen LogP) is 2.61. The minimum Gasteiger partial charge on any atom is -0.478 e. The topological polar surface area (TPSA) is 78.3 Å². The molecule has 0 aliphatic rings. The first kappa shape index (κ1) is 19.3. The highest BCUT2D eigenvalue weighted by molar-refractivity contribution is 5.81. The van der Waals surface area contributed by atoms with Crippen molar-refractivity contribution in [3.63, 3.8) is 0 Å². The summed E-state index contributed by atoms with van der Waals surface area (Å²) >= 11 is 0. The third-order valence-corrected chi connectivity index (χ3v) is 3.02. The highest BCUT2D eigenvalue weighted by Gasteiger charge is 2.03. The predicted molar refractivity (Wildman–Crippen MR) is 97.8 cm³/mol. The molecule has 0 saturated carbocycles. The average molecular weight is 328 g/mol. The molecule has 0 saturated heterocycles. The van der Waals surface area contributed by atoms with E-state index < -0.39 is 5.97 Å². The molecule has 128 valence electrons. The van der Waals surface area contributed by atoms with E-state index in [4.69, 9.17) is 5.11 Å². The zero-order chi connectivity index (χ0) is 17.9. The van der Waals surface area contributed by atoms with Crippen LogP contribution < -0.4 is 5.32 Å². The van der Waals surface area contributed by atoms with Crippen LogP contribution in [-0.4, -0.2) is 53.1 Å². The van der Waals surface area contributed by atoms with Crippen LogP contribution in [0.1, 0.15) is 12.1 Å². The molecule has 1 heterocycles. The van der Waals surface area contributed by atoms with E-state index >= 15 is 0 Å². The first-order valence-corrected chi connectivity index (χ1v) is 7.57. The second kappa shape index (κ2) is 10.1. The first-order chi connectivity index (χ1) is 11.4. The van der Waals surface area contributed by atoms with E-state index in [1.54, 1.807) is 24.5 Å². The van der Waals surface area contributed by atoms with Crippen LogP contribution in [0.4, 0.5) is 5.82 Å². The Labute approximate surface area is 142 Å². The van der Waals surface area contributed by atoms with E-state index in [-0.39, 0.29) is 0 Å². The third kappa shape index (κ3) is 7.51. The van der Waals surface area contributed by atoms with Crippen molar-refractivity contribution in [2.75, 3.05) is 32.5 Å². The first-order valence-electron chi connectivity index (χ1n) is 7.57. The highest BCUT2D eigenvalue weighted by Crippen LogP contribution is 2.16. The maximum Gasteiger partial charge on any atom is 0.328 e. The molecular weight excluding hydrogens is 304 g/mol. The van der Waals surface area contributed by atoms with Crippen molar-refractivity contribution in [2.45, 2.75) is 6.42 Å². The van der Waals surface area contributed by atoms with Gasteiger partial charge < -0.3 is 15.3 Å². The zero-order valence-electron chi connectivity index (χ0n) is 14.2. The van der Waals surface area contributed by atoms with Crippen molar-refractivity contribution in [1.29, 1.82) is 0 Å². The van der Waals surface area contributed by atoms with Crippen LogP contribution in [0, 0.1) is 0 Å². The lowest BCUT2D eigenvalue weighted by molar-refractivity contribution is -0.131. The lowest BCUT2D eigenvalue weighted by Crippen LogP contribution is -2.16. The van der Waals surface area contributed by atoms with E-state index in [1.165, 1.54) is 6.08 Å². The summed E-state index contributed by atoms with van der Waals surface area (Å²) in [6.45, 7) is 9.36. The van der Waals surface area contributed by atoms with Crippen LogP contribution in [0.5, 0.6) is 0 Å². The SMILES string of the molecule is C=C/C(=C\C(=C)/C=C/C(=O)O)c1cncc(NCCCN(C)C)n1. The van der Waals surface area contributed by atoms with Crippen molar-refractivity contribution in [1.82, 2.24) is 14.9 Å². The Hall–Kier alpha value is -2.73. The number of allylic oxidation sites excluding steroid dienone is 5. The van der Waals surface area contributed by atoms with Gasteiger partial charge in [0, 0.05) is 18.2 Å². The molecule has 0 unspecified atom stereocenters. The Kier molecular flexibility index (Phi) is 8.15. The van der Waals surface area contributed by atoms with Gasteiger partial charge in [0.2, 0.25) is 0 Å². The number of nitrogens with one attached hydrogen (secondary N) is 1. The summed E-state index contributed by atoms with van der Waals surface area (Å²) in [5.41, 5.74) is 1.91. The van der Waals surface area contributed by atoms with Gasteiger partial charge in [-0.25, -0.2) is 9.78 Å². The maximum atomic E-state index is 10.5. The van der Waals surface area contributed by atoms with E-state index in [9.17, 15) is 4.79 Å². The number of carboxylic acid groups (broad SMARTS) is 1. The number of hydrogen-bond donors (Lipinski definition) is 2. The number of nitrogens with zero attached hydrogens (tertiary/aromatic N) is 3. The summed E-state index contributed by atoms with van der Waals surface area (Å²) in [5, 5.41) is 11.9. The second-order valence-corrected chi connectivity index (χ2v) is 5.42. The molecule has 0 atom stereocenters. The van der Waals surface area contributed by atoms with Gasteiger partial charge in [0.15, 0.2) is 0 Å². The van der Waals surface area contributed by atoms with E-state index in [0.717, 1.165) is 31.2 Å². The van der Waals surface area contributed by atoms with Gasteiger partial charge in [0.25, 0.3) is 0 Å². The van der Waals surface area contributed by atoms with Crippen LogP contribution in [0.25, 0.3) is 5.57 Å². The van der Waals surface area contributed by atoms with Gasteiger partial charge >= 0.3 is 5.97 Å². The largest absolute Gasteiger partial charge is 0.478 e. The molecular formula is C18H24N4O2. The van der Waals surface area contributed by atoms with E-state index in [1.807, 2.05) is 14.1 Å². The Morgan fingerprint density at radius 1 is 1.38 bits per heavy atom. The molecule has 0 aliphatic heterocycles. The standard InChI is InChI=1S/C18H24N4O2/c1-5-15(11-14(2)7-8-18(23)24)16-12-19-13-17(21-16)20-9-6-10-22(3)4/h5,7-8,11-13H,1-2,6,9-10H2,3-4H3,(H,20,21)(H,23,24)/b8-7+,15-11+. The van der Waals surface area contributed by atoms with E-state index in [2.05, 4.69) is 33.3 Å². The molecule has 0 bridgehead atoms. The van der Waals surface area contributed by atoms with Crippen LogP contribution >= 0.6 is 0 Å². The molecule has 24 heavy (non-hydrogen) atoms. The Morgan fingerprint density at radius 2 is 2.12 bits per heavy atom. The zero-order valence-corrected chi connectivity index (χ0v) is 14.2.